The topological polar surface area (TPSA) is 30.5 Å². The van der Waals surface area contributed by atoms with Crippen molar-refractivity contribution in [2.75, 3.05) is 27.4 Å². The van der Waals surface area contributed by atoms with Gasteiger partial charge in [0.25, 0.3) is 0 Å². The van der Waals surface area contributed by atoms with E-state index in [-0.39, 0.29) is 0 Å². The summed E-state index contributed by atoms with van der Waals surface area (Å²) < 4.78 is 10.0. The van der Waals surface area contributed by atoms with Crippen molar-refractivity contribution in [2.24, 2.45) is 0 Å². The molecule has 0 aliphatic heterocycles. The molecule has 0 aliphatic carbocycles. The summed E-state index contributed by atoms with van der Waals surface area (Å²) in [4.78, 5) is 0. The van der Waals surface area contributed by atoms with E-state index in [4.69, 9.17) is 21.1 Å². The van der Waals surface area contributed by atoms with Gasteiger partial charge < -0.3 is 14.8 Å². The van der Waals surface area contributed by atoms with E-state index in [1.54, 1.807) is 14.2 Å². The lowest BCUT2D eigenvalue weighted by Crippen LogP contribution is -2.18. The van der Waals surface area contributed by atoms with E-state index in [1.165, 1.54) is 0 Å². The van der Waals surface area contributed by atoms with E-state index in [1.807, 2.05) is 18.2 Å². The van der Waals surface area contributed by atoms with Gasteiger partial charge in [0.2, 0.25) is 0 Å². The Morgan fingerprint density at radius 2 is 2.13 bits per heavy atom. The molecule has 84 valence electrons. The predicted molar refractivity (Wildman–Crippen MR) is 61.6 cm³/mol. The van der Waals surface area contributed by atoms with Crippen molar-refractivity contribution in [1.82, 2.24) is 5.32 Å². The van der Waals surface area contributed by atoms with Gasteiger partial charge in [-0.3, -0.25) is 0 Å². The lowest BCUT2D eigenvalue weighted by atomic mass is 10.2. The normalized spacial score (nSPS) is 10.3. The maximum atomic E-state index is 5.99. The second-order valence-electron chi connectivity index (χ2n) is 3.14. The summed E-state index contributed by atoms with van der Waals surface area (Å²) in [5.74, 6) is 0.706. The summed E-state index contributed by atoms with van der Waals surface area (Å²) in [7, 11) is 3.30. The molecule has 0 saturated carbocycles. The van der Waals surface area contributed by atoms with Crippen LogP contribution in [0, 0.1) is 0 Å². The van der Waals surface area contributed by atoms with Crippen LogP contribution in [-0.4, -0.2) is 27.4 Å². The maximum Gasteiger partial charge on any atom is 0.137 e. The number of ether oxygens (including phenoxy) is 2. The Morgan fingerprint density at radius 3 is 2.73 bits per heavy atom. The van der Waals surface area contributed by atoms with Gasteiger partial charge in [-0.15, -0.1) is 0 Å². The molecule has 0 aliphatic rings. The Morgan fingerprint density at radius 1 is 1.33 bits per heavy atom. The van der Waals surface area contributed by atoms with Crippen molar-refractivity contribution in [1.29, 1.82) is 0 Å². The standard InChI is InChI=1S/C11H16ClNO2/c1-14-6-5-13-8-9-3-4-11(15-2)10(12)7-9/h3-4,7,13H,5-6,8H2,1-2H3. The first kappa shape index (κ1) is 12.3. The highest BCUT2D eigenvalue weighted by atomic mass is 35.5. The van der Waals surface area contributed by atoms with Crippen LogP contribution >= 0.6 is 11.6 Å². The minimum absolute atomic E-state index is 0.642. The number of methoxy groups -OCH3 is 2. The number of hydrogen-bond acceptors (Lipinski definition) is 3. The zero-order valence-electron chi connectivity index (χ0n) is 9.05. The van der Waals surface area contributed by atoms with E-state index in [0.29, 0.717) is 17.4 Å². The fourth-order valence-corrected chi connectivity index (χ4v) is 1.51. The molecule has 4 heteroatoms. The molecule has 1 rings (SSSR count). The number of benzene rings is 1. The lowest BCUT2D eigenvalue weighted by molar-refractivity contribution is 0.199. The van der Waals surface area contributed by atoms with Crippen LogP contribution in [0.3, 0.4) is 0 Å². The molecule has 0 spiro atoms. The fraction of sp³-hybridized carbons (Fsp3) is 0.455. The summed E-state index contributed by atoms with van der Waals surface area (Å²) >= 11 is 5.99. The lowest BCUT2D eigenvalue weighted by Gasteiger charge is -2.07. The second kappa shape index (κ2) is 6.67. The molecule has 0 heterocycles. The Hall–Kier alpha value is -0.770. The largest absolute Gasteiger partial charge is 0.495 e. The minimum Gasteiger partial charge on any atom is -0.495 e. The number of halogens is 1. The zero-order valence-corrected chi connectivity index (χ0v) is 9.80. The van der Waals surface area contributed by atoms with Gasteiger partial charge in [0, 0.05) is 20.2 Å². The van der Waals surface area contributed by atoms with Crippen molar-refractivity contribution in [2.45, 2.75) is 6.54 Å². The first-order chi connectivity index (χ1) is 7.27. The zero-order chi connectivity index (χ0) is 11.1. The van der Waals surface area contributed by atoms with Crippen LogP contribution in [0.25, 0.3) is 0 Å². The van der Waals surface area contributed by atoms with Crippen LogP contribution in [-0.2, 0) is 11.3 Å². The molecule has 0 unspecified atom stereocenters. The minimum atomic E-state index is 0.642. The highest BCUT2D eigenvalue weighted by molar-refractivity contribution is 6.32. The molecule has 1 N–H and O–H groups in total. The van der Waals surface area contributed by atoms with Gasteiger partial charge in [-0.25, -0.2) is 0 Å². The third-order valence-electron chi connectivity index (χ3n) is 2.03. The molecule has 0 aromatic heterocycles. The Balaban J connectivity index is 2.45. The Labute approximate surface area is 95.3 Å². The van der Waals surface area contributed by atoms with Crippen LogP contribution in [0.4, 0.5) is 0 Å². The van der Waals surface area contributed by atoms with Gasteiger partial charge in [0.15, 0.2) is 0 Å². The molecule has 0 atom stereocenters. The average Bonchev–Trinajstić information content (AvgIpc) is 2.25. The molecular formula is C11H16ClNO2. The summed E-state index contributed by atoms with van der Waals surface area (Å²) in [6.45, 7) is 2.33. The SMILES string of the molecule is COCCNCc1ccc(OC)c(Cl)c1. The van der Waals surface area contributed by atoms with Gasteiger partial charge in [-0.2, -0.15) is 0 Å². The van der Waals surface area contributed by atoms with Crippen molar-refractivity contribution in [3.63, 3.8) is 0 Å². The highest BCUT2D eigenvalue weighted by Gasteiger charge is 2.00. The molecule has 0 amide bonds. The van der Waals surface area contributed by atoms with E-state index in [9.17, 15) is 0 Å². The van der Waals surface area contributed by atoms with Crippen molar-refractivity contribution >= 4 is 11.6 Å². The van der Waals surface area contributed by atoms with Gasteiger partial charge in [-0.1, -0.05) is 17.7 Å². The summed E-state index contributed by atoms with van der Waals surface area (Å²) in [5, 5.41) is 3.89. The Bertz CT molecular complexity index is 305. The van der Waals surface area contributed by atoms with E-state index in [0.717, 1.165) is 18.7 Å². The van der Waals surface area contributed by atoms with Crippen LogP contribution in [0.5, 0.6) is 5.75 Å². The van der Waals surface area contributed by atoms with Crippen LogP contribution < -0.4 is 10.1 Å². The number of nitrogens with one attached hydrogen (secondary N) is 1. The molecule has 3 nitrogen and oxygen atoms in total. The molecule has 0 bridgehead atoms. The average molecular weight is 230 g/mol. The molecule has 0 fully saturated rings. The monoisotopic (exact) mass is 229 g/mol. The fourth-order valence-electron chi connectivity index (χ4n) is 1.23. The van der Waals surface area contributed by atoms with Crippen LogP contribution in [0.2, 0.25) is 5.02 Å². The van der Waals surface area contributed by atoms with Crippen molar-refractivity contribution < 1.29 is 9.47 Å². The molecule has 0 saturated heterocycles. The Kier molecular flexibility index (Phi) is 5.47. The second-order valence-corrected chi connectivity index (χ2v) is 3.55. The first-order valence-corrected chi connectivity index (χ1v) is 5.17. The quantitative estimate of drug-likeness (QED) is 0.758. The predicted octanol–water partition coefficient (Wildman–Crippen LogP) is 2.08. The first-order valence-electron chi connectivity index (χ1n) is 4.80. The highest BCUT2D eigenvalue weighted by Crippen LogP contribution is 2.24. The third kappa shape index (κ3) is 4.08. The maximum absolute atomic E-state index is 5.99. The summed E-state index contributed by atoms with van der Waals surface area (Å²) in [6, 6.07) is 5.76. The van der Waals surface area contributed by atoms with E-state index >= 15 is 0 Å². The van der Waals surface area contributed by atoms with Crippen molar-refractivity contribution in [3.05, 3.63) is 28.8 Å². The van der Waals surface area contributed by atoms with Crippen molar-refractivity contribution in [3.8, 4) is 5.75 Å². The van der Waals surface area contributed by atoms with Crippen LogP contribution in [0.1, 0.15) is 5.56 Å². The molecule has 1 aromatic rings. The third-order valence-corrected chi connectivity index (χ3v) is 2.32. The number of hydrogen-bond donors (Lipinski definition) is 1. The summed E-state index contributed by atoms with van der Waals surface area (Å²) in [6.07, 6.45) is 0. The van der Waals surface area contributed by atoms with Gasteiger partial charge >= 0.3 is 0 Å². The summed E-state index contributed by atoms with van der Waals surface area (Å²) in [5.41, 5.74) is 1.14. The smallest absolute Gasteiger partial charge is 0.137 e. The molecular weight excluding hydrogens is 214 g/mol. The van der Waals surface area contributed by atoms with E-state index in [2.05, 4.69) is 5.32 Å². The van der Waals surface area contributed by atoms with Crippen LogP contribution in [0.15, 0.2) is 18.2 Å². The number of rotatable bonds is 6. The van der Waals surface area contributed by atoms with Gasteiger partial charge in [0.05, 0.1) is 18.7 Å². The molecule has 1 aromatic carbocycles. The van der Waals surface area contributed by atoms with E-state index < -0.39 is 0 Å². The van der Waals surface area contributed by atoms with Gasteiger partial charge in [0.1, 0.15) is 5.75 Å². The molecule has 0 radical (unpaired) electrons. The van der Waals surface area contributed by atoms with Gasteiger partial charge in [-0.05, 0) is 17.7 Å². The molecule has 15 heavy (non-hydrogen) atoms.